The molecule has 1 fully saturated rings. The first-order chi connectivity index (χ1) is 19.5. The molecule has 0 amide bonds. The summed E-state index contributed by atoms with van der Waals surface area (Å²) in [5, 5.41) is 11.0. The number of carbonyl (C=O) groups excluding carboxylic acids is 1. The van der Waals surface area contributed by atoms with Crippen LogP contribution in [0.5, 0.6) is 5.75 Å². The van der Waals surface area contributed by atoms with Crippen LogP contribution in [0.4, 0.5) is 0 Å². The molecule has 42 heavy (non-hydrogen) atoms. The third-order valence-electron chi connectivity index (χ3n) is 9.37. The predicted molar refractivity (Wildman–Crippen MR) is 178 cm³/mol. The third-order valence-corrected chi connectivity index (χ3v) is 15.6. The molecule has 1 aliphatic heterocycles. The molecule has 234 valence electrons. The van der Waals surface area contributed by atoms with Crippen molar-refractivity contribution in [2.45, 2.75) is 135 Å². The zero-order valence-corrected chi connectivity index (χ0v) is 29.9. The van der Waals surface area contributed by atoms with Crippen LogP contribution in [-0.4, -0.2) is 52.4 Å². The number of hydrogen-bond acceptors (Lipinski definition) is 5. The van der Waals surface area contributed by atoms with Gasteiger partial charge in [0, 0.05) is 44.7 Å². The van der Waals surface area contributed by atoms with E-state index >= 15 is 0 Å². The summed E-state index contributed by atoms with van der Waals surface area (Å²) in [6.07, 6.45) is 7.14. The van der Waals surface area contributed by atoms with Crippen LogP contribution in [0.3, 0.4) is 0 Å². The molecule has 2 aliphatic rings. The predicted octanol–water partition coefficient (Wildman–Crippen LogP) is 8.11. The van der Waals surface area contributed by atoms with Crippen LogP contribution in [0.1, 0.15) is 77.3 Å². The lowest BCUT2D eigenvalue weighted by Gasteiger charge is -2.40. The van der Waals surface area contributed by atoms with Crippen molar-refractivity contribution in [3.8, 4) is 17.6 Å². The SMILES string of the molecule is CC#CC[C@H](C)[C@H](O)/C=C/[C@@H]1[C@H]2c3cccc(CCCC(=O)OCC[Si](C)(C)C)c3O[C@H]2C[C@H]1O[Si](C)(C)C(C)(C)C. The molecule has 1 aromatic carbocycles. The zero-order chi connectivity index (χ0) is 31.3. The van der Waals surface area contributed by atoms with E-state index in [0.717, 1.165) is 36.6 Å². The Morgan fingerprint density at radius 2 is 1.93 bits per heavy atom. The first-order valence-electron chi connectivity index (χ1n) is 15.9. The Morgan fingerprint density at radius 1 is 1.21 bits per heavy atom. The number of esters is 1. The average Bonchev–Trinajstić information content (AvgIpc) is 3.40. The van der Waals surface area contributed by atoms with Crippen molar-refractivity contribution in [3.63, 3.8) is 0 Å². The van der Waals surface area contributed by atoms with Gasteiger partial charge in [0.2, 0.25) is 0 Å². The van der Waals surface area contributed by atoms with Gasteiger partial charge in [0.25, 0.3) is 0 Å². The van der Waals surface area contributed by atoms with Crippen molar-refractivity contribution in [1.29, 1.82) is 0 Å². The number of hydrogen-bond donors (Lipinski definition) is 1. The van der Waals surface area contributed by atoms with Gasteiger partial charge < -0.3 is 19.0 Å². The minimum atomic E-state index is -2.02. The third kappa shape index (κ3) is 9.08. The maximum absolute atomic E-state index is 12.3. The van der Waals surface area contributed by atoms with Gasteiger partial charge in [-0.2, -0.15) is 0 Å². The molecule has 1 heterocycles. The highest BCUT2D eigenvalue weighted by Crippen LogP contribution is 2.54. The van der Waals surface area contributed by atoms with Gasteiger partial charge in [-0.25, -0.2) is 0 Å². The van der Waals surface area contributed by atoms with Gasteiger partial charge in [-0.1, -0.05) is 77.7 Å². The van der Waals surface area contributed by atoms with E-state index < -0.39 is 22.5 Å². The lowest BCUT2D eigenvalue weighted by Crippen LogP contribution is -2.45. The van der Waals surface area contributed by atoms with Crippen LogP contribution in [0, 0.1) is 23.7 Å². The quantitative estimate of drug-likeness (QED) is 0.106. The van der Waals surface area contributed by atoms with E-state index in [4.69, 9.17) is 13.9 Å². The normalized spacial score (nSPS) is 23.5. The summed E-state index contributed by atoms with van der Waals surface area (Å²) in [7, 11) is -3.23. The Morgan fingerprint density at radius 3 is 2.57 bits per heavy atom. The maximum Gasteiger partial charge on any atom is 0.305 e. The summed E-state index contributed by atoms with van der Waals surface area (Å²) in [6, 6.07) is 7.44. The molecule has 0 unspecified atom stereocenters. The lowest BCUT2D eigenvalue weighted by molar-refractivity contribution is -0.143. The minimum absolute atomic E-state index is 0.0395. The first kappa shape index (κ1) is 34.6. The molecular formula is C35H56O5Si2. The van der Waals surface area contributed by atoms with E-state index in [-0.39, 0.29) is 41.0 Å². The molecule has 7 heteroatoms. The van der Waals surface area contributed by atoms with E-state index in [2.05, 4.69) is 89.6 Å². The molecule has 0 aromatic heterocycles. The van der Waals surface area contributed by atoms with E-state index in [1.165, 1.54) is 5.56 Å². The smallest absolute Gasteiger partial charge is 0.305 e. The fourth-order valence-electron chi connectivity index (χ4n) is 5.61. The number of fused-ring (bicyclic) bond motifs is 3. The molecule has 1 aromatic rings. The highest BCUT2D eigenvalue weighted by Gasteiger charge is 2.52. The van der Waals surface area contributed by atoms with Crippen molar-refractivity contribution in [2.24, 2.45) is 11.8 Å². The van der Waals surface area contributed by atoms with Crippen LogP contribution >= 0.6 is 0 Å². The molecule has 1 N–H and O–H groups in total. The molecule has 3 rings (SSSR count). The number of aliphatic hydroxyl groups is 1. The molecule has 0 spiro atoms. The summed E-state index contributed by atoms with van der Waals surface area (Å²) in [4.78, 5) is 12.3. The van der Waals surface area contributed by atoms with Gasteiger partial charge in [-0.05, 0) is 55.4 Å². The van der Waals surface area contributed by atoms with Crippen LogP contribution in [0.2, 0.25) is 43.8 Å². The van der Waals surface area contributed by atoms with Crippen molar-refractivity contribution in [2.75, 3.05) is 6.61 Å². The van der Waals surface area contributed by atoms with Crippen molar-refractivity contribution < 1.29 is 23.8 Å². The Kier molecular flexibility index (Phi) is 11.8. The Labute approximate surface area is 257 Å². The molecule has 0 radical (unpaired) electrons. The summed E-state index contributed by atoms with van der Waals surface area (Å²) < 4.78 is 19.2. The molecular weight excluding hydrogens is 557 g/mol. The van der Waals surface area contributed by atoms with E-state index in [1.807, 2.05) is 19.9 Å². The molecule has 0 saturated heterocycles. The van der Waals surface area contributed by atoms with Crippen LogP contribution < -0.4 is 4.74 Å². The number of aryl methyl sites for hydroxylation is 1. The van der Waals surface area contributed by atoms with Gasteiger partial charge in [-0.3, -0.25) is 4.79 Å². The zero-order valence-electron chi connectivity index (χ0n) is 27.9. The second kappa shape index (κ2) is 14.3. The van der Waals surface area contributed by atoms with Crippen LogP contribution in [0.15, 0.2) is 30.4 Å². The fraction of sp³-hybridized carbons (Fsp3) is 0.686. The average molecular weight is 613 g/mol. The highest BCUT2D eigenvalue weighted by atomic mass is 28.4. The minimum Gasteiger partial charge on any atom is -0.489 e. The van der Waals surface area contributed by atoms with Crippen molar-refractivity contribution >= 4 is 22.4 Å². The van der Waals surface area contributed by atoms with E-state index in [0.29, 0.717) is 19.4 Å². The van der Waals surface area contributed by atoms with Crippen LogP contribution in [-0.2, 0) is 20.4 Å². The molecule has 5 nitrogen and oxygen atoms in total. The second-order valence-electron chi connectivity index (χ2n) is 15.1. The molecule has 1 saturated carbocycles. The molecule has 6 atom stereocenters. The number of ether oxygens (including phenoxy) is 2. The molecule has 1 aliphatic carbocycles. The number of aliphatic hydroxyl groups excluding tert-OH is 1. The van der Waals surface area contributed by atoms with Gasteiger partial charge in [0.1, 0.15) is 11.9 Å². The van der Waals surface area contributed by atoms with Crippen molar-refractivity contribution in [1.82, 2.24) is 0 Å². The fourth-order valence-corrected chi connectivity index (χ4v) is 7.69. The standard InChI is InChI=1S/C35H56O5Si2/c1-11-12-15-25(2)29(36)21-20-27-30(40-42(9,10)35(3,4)5)24-31-33(27)28-18-13-16-26(34(28)39-31)17-14-19-32(37)38-22-23-41(6,7)8/h13,16,18,20-21,25,27,29-31,33,36H,14-15,17,19,22-24H2,1-10H3/b21-20+/t25-,27-,29+,30+,31-,33-/m0/s1. The number of rotatable bonds is 13. The van der Waals surface area contributed by atoms with Crippen molar-refractivity contribution in [3.05, 3.63) is 41.5 Å². The van der Waals surface area contributed by atoms with Gasteiger partial charge >= 0.3 is 5.97 Å². The summed E-state index contributed by atoms with van der Waals surface area (Å²) >= 11 is 0. The van der Waals surface area contributed by atoms with Gasteiger partial charge in [0.05, 0.1) is 18.8 Å². The van der Waals surface area contributed by atoms with Gasteiger partial charge in [-0.15, -0.1) is 11.8 Å². The Bertz CT molecular complexity index is 1150. The summed E-state index contributed by atoms with van der Waals surface area (Å²) in [5.74, 6) is 7.26. The lowest BCUT2D eigenvalue weighted by atomic mass is 9.86. The largest absolute Gasteiger partial charge is 0.489 e. The topological polar surface area (TPSA) is 65.0 Å². The highest BCUT2D eigenvalue weighted by molar-refractivity contribution is 6.76. The summed E-state index contributed by atoms with van der Waals surface area (Å²) in [5.41, 5.74) is 2.39. The summed E-state index contributed by atoms with van der Waals surface area (Å²) in [6.45, 7) is 22.7. The number of carbonyl (C=O) groups is 1. The van der Waals surface area contributed by atoms with E-state index in [1.54, 1.807) is 0 Å². The Hall–Kier alpha value is -1.86. The van der Waals surface area contributed by atoms with E-state index in [9.17, 15) is 9.90 Å². The van der Waals surface area contributed by atoms with Crippen LogP contribution in [0.25, 0.3) is 0 Å². The van der Waals surface area contributed by atoms with Gasteiger partial charge in [0.15, 0.2) is 8.32 Å². The number of benzene rings is 1. The Balaban J connectivity index is 1.77. The maximum atomic E-state index is 12.3. The monoisotopic (exact) mass is 612 g/mol. The number of para-hydroxylation sites is 1. The first-order valence-corrected chi connectivity index (χ1v) is 22.5. The molecule has 0 bridgehead atoms. The second-order valence-corrected chi connectivity index (χ2v) is 25.5.